The molecule has 2 aromatic rings. The zero-order valence-electron chi connectivity index (χ0n) is 12.5. The molecule has 4 nitrogen and oxygen atoms in total. The number of rotatable bonds is 4. The predicted octanol–water partition coefficient (Wildman–Crippen LogP) is 2.55. The lowest BCUT2D eigenvalue weighted by Gasteiger charge is -2.29. The first-order chi connectivity index (χ1) is 10.9. The summed E-state index contributed by atoms with van der Waals surface area (Å²) in [6.45, 7) is 4.37. The number of nitriles is 1. The Labute approximate surface area is 130 Å². The number of nitrogens with one attached hydrogen (secondary N) is 1. The largest absolute Gasteiger partial charge is 0.488 e. The fourth-order valence-corrected chi connectivity index (χ4v) is 2.59. The van der Waals surface area contributed by atoms with E-state index >= 15 is 0 Å². The summed E-state index contributed by atoms with van der Waals surface area (Å²) in [4.78, 5) is 2.29. The van der Waals surface area contributed by atoms with E-state index in [0.717, 1.165) is 37.4 Å². The zero-order chi connectivity index (χ0) is 15.2. The van der Waals surface area contributed by atoms with Crippen LogP contribution in [-0.4, -0.2) is 26.2 Å². The molecule has 0 atom stereocenters. The fraction of sp³-hybridized carbons (Fsp3) is 0.278. The number of benzene rings is 2. The summed E-state index contributed by atoms with van der Waals surface area (Å²) in [5.74, 6) is 0.644. The van der Waals surface area contributed by atoms with Crippen molar-refractivity contribution in [2.45, 2.75) is 6.61 Å². The molecule has 0 aromatic heterocycles. The molecule has 0 amide bonds. The van der Waals surface area contributed by atoms with E-state index in [0.29, 0.717) is 17.9 Å². The van der Waals surface area contributed by atoms with Crippen molar-refractivity contribution in [1.29, 1.82) is 5.26 Å². The van der Waals surface area contributed by atoms with Gasteiger partial charge >= 0.3 is 0 Å². The molecular formula is C18H19N3O. The number of piperazine rings is 1. The molecule has 0 radical (unpaired) electrons. The Bertz CT molecular complexity index is 658. The van der Waals surface area contributed by atoms with E-state index in [-0.39, 0.29) is 0 Å². The van der Waals surface area contributed by atoms with Crippen LogP contribution in [0.25, 0.3) is 0 Å². The van der Waals surface area contributed by atoms with Crippen LogP contribution in [0.1, 0.15) is 11.1 Å². The molecular weight excluding hydrogens is 274 g/mol. The van der Waals surface area contributed by atoms with Gasteiger partial charge in [-0.05, 0) is 23.8 Å². The van der Waals surface area contributed by atoms with Crippen molar-refractivity contribution >= 4 is 5.69 Å². The minimum absolute atomic E-state index is 0.475. The molecule has 2 aromatic carbocycles. The van der Waals surface area contributed by atoms with Crippen molar-refractivity contribution in [1.82, 2.24) is 5.32 Å². The Morgan fingerprint density at radius 2 is 1.86 bits per heavy atom. The topological polar surface area (TPSA) is 48.3 Å². The molecule has 112 valence electrons. The van der Waals surface area contributed by atoms with Crippen molar-refractivity contribution in [2.75, 3.05) is 31.1 Å². The predicted molar refractivity (Wildman–Crippen MR) is 87.0 cm³/mol. The van der Waals surface area contributed by atoms with Crippen LogP contribution in [0, 0.1) is 11.3 Å². The summed E-state index contributed by atoms with van der Waals surface area (Å²) in [5, 5.41) is 12.7. The number of nitrogens with zero attached hydrogens (tertiary/aromatic N) is 2. The molecule has 1 aliphatic rings. The Morgan fingerprint density at radius 3 is 2.59 bits per heavy atom. The lowest BCUT2D eigenvalue weighted by molar-refractivity contribution is 0.305. The highest BCUT2D eigenvalue weighted by Crippen LogP contribution is 2.25. The zero-order valence-corrected chi connectivity index (χ0v) is 12.5. The highest BCUT2D eigenvalue weighted by Gasteiger charge is 2.13. The summed E-state index contributed by atoms with van der Waals surface area (Å²) >= 11 is 0. The SMILES string of the molecule is N#Cc1cc(N2CCNCC2)ccc1OCc1ccccc1. The molecule has 4 heteroatoms. The molecule has 0 saturated carbocycles. The van der Waals surface area contributed by atoms with Gasteiger partial charge in [-0.15, -0.1) is 0 Å². The number of anilines is 1. The maximum absolute atomic E-state index is 9.38. The molecule has 0 aliphatic carbocycles. The average molecular weight is 293 g/mol. The lowest BCUT2D eigenvalue weighted by Crippen LogP contribution is -2.43. The van der Waals surface area contributed by atoms with E-state index in [1.165, 1.54) is 0 Å². The molecule has 1 saturated heterocycles. The van der Waals surface area contributed by atoms with Gasteiger partial charge in [0.2, 0.25) is 0 Å². The second-order valence-electron chi connectivity index (χ2n) is 5.30. The Morgan fingerprint density at radius 1 is 1.09 bits per heavy atom. The standard InChI is InChI=1S/C18H19N3O/c19-13-16-12-17(21-10-8-20-9-11-21)6-7-18(16)22-14-15-4-2-1-3-5-15/h1-7,12,20H,8-11,14H2. The van der Waals surface area contributed by atoms with Crippen LogP contribution in [0.4, 0.5) is 5.69 Å². The van der Waals surface area contributed by atoms with E-state index < -0.39 is 0 Å². The Hall–Kier alpha value is -2.51. The second-order valence-corrected chi connectivity index (χ2v) is 5.30. The third-order valence-corrected chi connectivity index (χ3v) is 3.80. The van der Waals surface area contributed by atoms with Crippen LogP contribution in [0.15, 0.2) is 48.5 Å². The van der Waals surface area contributed by atoms with Gasteiger partial charge in [0.1, 0.15) is 18.4 Å². The van der Waals surface area contributed by atoms with Gasteiger partial charge in [-0.1, -0.05) is 30.3 Å². The van der Waals surface area contributed by atoms with E-state index in [2.05, 4.69) is 16.3 Å². The van der Waals surface area contributed by atoms with Crippen molar-refractivity contribution in [2.24, 2.45) is 0 Å². The number of ether oxygens (including phenoxy) is 1. The lowest BCUT2D eigenvalue weighted by atomic mass is 10.1. The van der Waals surface area contributed by atoms with Gasteiger partial charge < -0.3 is 15.0 Å². The first-order valence-electron chi connectivity index (χ1n) is 7.53. The van der Waals surface area contributed by atoms with Crippen molar-refractivity contribution in [3.63, 3.8) is 0 Å². The normalized spacial score (nSPS) is 14.4. The maximum Gasteiger partial charge on any atom is 0.137 e. The monoisotopic (exact) mass is 293 g/mol. The van der Waals surface area contributed by atoms with Crippen molar-refractivity contribution in [3.8, 4) is 11.8 Å². The first-order valence-corrected chi connectivity index (χ1v) is 7.53. The smallest absolute Gasteiger partial charge is 0.137 e. The van der Waals surface area contributed by atoms with Crippen LogP contribution in [-0.2, 0) is 6.61 Å². The molecule has 22 heavy (non-hydrogen) atoms. The van der Waals surface area contributed by atoms with Gasteiger partial charge in [0.05, 0.1) is 5.56 Å². The summed E-state index contributed by atoms with van der Waals surface area (Å²) in [6.07, 6.45) is 0. The van der Waals surface area contributed by atoms with Gasteiger partial charge in [-0.3, -0.25) is 0 Å². The minimum atomic E-state index is 0.475. The summed E-state index contributed by atoms with van der Waals surface area (Å²) in [7, 11) is 0. The molecule has 3 rings (SSSR count). The quantitative estimate of drug-likeness (QED) is 0.941. The average Bonchev–Trinajstić information content (AvgIpc) is 2.61. The summed E-state index contributed by atoms with van der Waals surface area (Å²) in [5.41, 5.74) is 2.77. The molecule has 0 spiro atoms. The second kappa shape index (κ2) is 6.97. The van der Waals surface area contributed by atoms with Gasteiger partial charge in [-0.25, -0.2) is 0 Å². The molecule has 0 bridgehead atoms. The molecule has 1 aliphatic heterocycles. The highest BCUT2D eigenvalue weighted by molar-refractivity contribution is 5.57. The summed E-state index contributed by atoms with van der Waals surface area (Å²) < 4.78 is 5.80. The molecule has 0 unspecified atom stereocenters. The maximum atomic E-state index is 9.38. The Balaban J connectivity index is 1.73. The van der Waals surface area contributed by atoms with E-state index in [9.17, 15) is 5.26 Å². The van der Waals surface area contributed by atoms with Crippen LogP contribution >= 0.6 is 0 Å². The van der Waals surface area contributed by atoms with Gasteiger partial charge in [0.15, 0.2) is 0 Å². The van der Waals surface area contributed by atoms with E-state index in [4.69, 9.17) is 4.74 Å². The third kappa shape index (κ3) is 3.38. The number of hydrogen-bond acceptors (Lipinski definition) is 4. The number of hydrogen-bond donors (Lipinski definition) is 1. The minimum Gasteiger partial charge on any atom is -0.488 e. The van der Waals surface area contributed by atoms with Crippen molar-refractivity contribution < 1.29 is 4.74 Å². The van der Waals surface area contributed by atoms with Crippen LogP contribution in [0.3, 0.4) is 0 Å². The summed E-state index contributed by atoms with van der Waals surface area (Å²) in [6, 6.07) is 18.1. The molecule has 1 heterocycles. The molecule has 1 fully saturated rings. The van der Waals surface area contributed by atoms with E-state index in [1.54, 1.807) is 0 Å². The third-order valence-electron chi connectivity index (χ3n) is 3.80. The molecule has 1 N–H and O–H groups in total. The van der Waals surface area contributed by atoms with E-state index in [1.807, 2.05) is 48.5 Å². The fourth-order valence-electron chi connectivity index (χ4n) is 2.59. The van der Waals surface area contributed by atoms with Gasteiger partial charge in [0, 0.05) is 31.9 Å². The van der Waals surface area contributed by atoms with Gasteiger partial charge in [0.25, 0.3) is 0 Å². The van der Waals surface area contributed by atoms with Gasteiger partial charge in [-0.2, -0.15) is 5.26 Å². The van der Waals surface area contributed by atoms with Crippen LogP contribution < -0.4 is 15.0 Å². The van der Waals surface area contributed by atoms with Crippen LogP contribution in [0.2, 0.25) is 0 Å². The van der Waals surface area contributed by atoms with Crippen molar-refractivity contribution in [3.05, 3.63) is 59.7 Å². The van der Waals surface area contributed by atoms with Crippen LogP contribution in [0.5, 0.6) is 5.75 Å². The highest BCUT2D eigenvalue weighted by atomic mass is 16.5. The first kappa shape index (κ1) is 14.4. The Kier molecular flexibility index (Phi) is 4.57.